The third-order valence-electron chi connectivity index (χ3n) is 2.95. The van der Waals surface area contributed by atoms with Crippen LogP contribution in [0.5, 0.6) is 0 Å². The Morgan fingerprint density at radius 2 is 1.81 bits per heavy atom. The van der Waals surface area contributed by atoms with Gasteiger partial charge in [0.05, 0.1) is 5.69 Å². The lowest BCUT2D eigenvalue weighted by Crippen LogP contribution is -2.18. The molecular weight excluding hydrogens is 298 g/mol. The van der Waals surface area contributed by atoms with Crippen LogP contribution in [0.2, 0.25) is 0 Å². The number of nitrogens with zero attached hydrogens (tertiary/aromatic N) is 1. The monoisotopic (exact) mass is 311 g/mol. The molecule has 3 aromatic rings. The summed E-state index contributed by atoms with van der Waals surface area (Å²) >= 11 is 6.49. The Balaban J connectivity index is 1.91. The maximum absolute atomic E-state index is 5.50. The molecule has 1 heterocycles. The van der Waals surface area contributed by atoms with Crippen LogP contribution < -0.4 is 11.1 Å². The summed E-state index contributed by atoms with van der Waals surface area (Å²) < 4.78 is 0. The topological polar surface area (TPSA) is 50.9 Å². The molecule has 104 valence electrons. The largest absolute Gasteiger partial charge is 0.376 e. The average Bonchev–Trinajstić information content (AvgIpc) is 2.98. The van der Waals surface area contributed by atoms with Crippen LogP contribution in [0.15, 0.2) is 60.0 Å². The second kappa shape index (κ2) is 6.03. The van der Waals surface area contributed by atoms with Crippen molar-refractivity contribution in [1.29, 1.82) is 0 Å². The van der Waals surface area contributed by atoms with E-state index in [1.807, 2.05) is 42.5 Å². The molecule has 0 saturated heterocycles. The molecule has 0 aliphatic carbocycles. The van der Waals surface area contributed by atoms with Gasteiger partial charge in [0.15, 0.2) is 5.11 Å². The molecule has 5 heteroatoms. The molecule has 3 rings (SSSR count). The van der Waals surface area contributed by atoms with Crippen LogP contribution in [0.4, 0.5) is 5.69 Å². The van der Waals surface area contributed by atoms with Gasteiger partial charge in [-0.25, -0.2) is 4.98 Å². The number of thiocarbonyl (C=S) groups is 1. The zero-order valence-electron chi connectivity index (χ0n) is 11.1. The average molecular weight is 311 g/mol. The SMILES string of the molecule is NC(=S)Nc1cccc(-c2csc(-c3ccccc3)n2)c1. The number of nitrogens with one attached hydrogen (secondary N) is 1. The molecule has 3 N–H and O–H groups in total. The van der Waals surface area contributed by atoms with Crippen LogP contribution in [0.1, 0.15) is 0 Å². The van der Waals surface area contributed by atoms with Gasteiger partial charge in [-0.15, -0.1) is 11.3 Å². The summed E-state index contributed by atoms with van der Waals surface area (Å²) in [6.45, 7) is 0. The quantitative estimate of drug-likeness (QED) is 0.714. The van der Waals surface area contributed by atoms with Crippen molar-refractivity contribution in [3.63, 3.8) is 0 Å². The zero-order chi connectivity index (χ0) is 14.7. The molecule has 0 aliphatic rings. The van der Waals surface area contributed by atoms with Gasteiger partial charge in [0.25, 0.3) is 0 Å². The number of aromatic nitrogens is 1. The molecule has 0 aliphatic heterocycles. The predicted octanol–water partition coefficient (Wildman–Crippen LogP) is 4.13. The summed E-state index contributed by atoms with van der Waals surface area (Å²) in [7, 11) is 0. The van der Waals surface area contributed by atoms with E-state index in [-0.39, 0.29) is 5.11 Å². The van der Waals surface area contributed by atoms with E-state index < -0.39 is 0 Å². The number of benzene rings is 2. The van der Waals surface area contributed by atoms with E-state index in [4.69, 9.17) is 22.9 Å². The molecule has 0 bridgehead atoms. The van der Waals surface area contributed by atoms with E-state index >= 15 is 0 Å². The summed E-state index contributed by atoms with van der Waals surface area (Å²) in [5.41, 5.74) is 9.49. The van der Waals surface area contributed by atoms with Crippen molar-refractivity contribution >= 4 is 34.4 Å². The first-order valence-electron chi connectivity index (χ1n) is 6.40. The van der Waals surface area contributed by atoms with Crippen molar-refractivity contribution in [2.24, 2.45) is 5.73 Å². The molecule has 0 saturated carbocycles. The van der Waals surface area contributed by atoms with Gasteiger partial charge in [0, 0.05) is 22.2 Å². The maximum atomic E-state index is 5.50. The highest BCUT2D eigenvalue weighted by molar-refractivity contribution is 7.80. The summed E-state index contributed by atoms with van der Waals surface area (Å²) in [5, 5.41) is 6.27. The van der Waals surface area contributed by atoms with Gasteiger partial charge in [-0.2, -0.15) is 0 Å². The molecule has 21 heavy (non-hydrogen) atoms. The fourth-order valence-corrected chi connectivity index (χ4v) is 2.97. The van der Waals surface area contributed by atoms with Crippen molar-refractivity contribution in [1.82, 2.24) is 4.98 Å². The van der Waals surface area contributed by atoms with Crippen molar-refractivity contribution in [3.05, 3.63) is 60.0 Å². The first-order valence-corrected chi connectivity index (χ1v) is 7.69. The standard InChI is InChI=1S/C16H13N3S2/c17-16(20)18-13-8-4-7-12(9-13)14-10-21-15(19-14)11-5-2-1-3-6-11/h1-10H,(H3,17,18,20). The smallest absolute Gasteiger partial charge is 0.168 e. The highest BCUT2D eigenvalue weighted by Crippen LogP contribution is 2.29. The first-order chi connectivity index (χ1) is 10.2. The molecule has 0 atom stereocenters. The highest BCUT2D eigenvalue weighted by atomic mass is 32.1. The second-order valence-electron chi connectivity index (χ2n) is 4.47. The van der Waals surface area contributed by atoms with Crippen LogP contribution in [0.25, 0.3) is 21.8 Å². The van der Waals surface area contributed by atoms with Crippen molar-refractivity contribution in [2.75, 3.05) is 5.32 Å². The van der Waals surface area contributed by atoms with Gasteiger partial charge in [-0.05, 0) is 24.4 Å². The molecule has 0 fully saturated rings. The summed E-state index contributed by atoms with van der Waals surface area (Å²) in [6, 6.07) is 18.1. The third-order valence-corrected chi connectivity index (χ3v) is 3.94. The molecule has 0 radical (unpaired) electrons. The normalized spacial score (nSPS) is 10.3. The van der Waals surface area contributed by atoms with Crippen molar-refractivity contribution < 1.29 is 0 Å². The molecule has 3 nitrogen and oxygen atoms in total. The van der Waals surface area contributed by atoms with Gasteiger partial charge in [0.1, 0.15) is 5.01 Å². The fraction of sp³-hybridized carbons (Fsp3) is 0. The third kappa shape index (κ3) is 3.26. The van der Waals surface area contributed by atoms with E-state index in [2.05, 4.69) is 22.8 Å². The molecule has 0 spiro atoms. The molecule has 0 amide bonds. The Bertz CT molecular complexity index is 766. The number of hydrogen-bond donors (Lipinski definition) is 2. The number of nitrogens with two attached hydrogens (primary N) is 1. The summed E-state index contributed by atoms with van der Waals surface area (Å²) in [4.78, 5) is 4.70. The Hall–Kier alpha value is -2.24. The number of rotatable bonds is 3. The van der Waals surface area contributed by atoms with E-state index in [1.54, 1.807) is 11.3 Å². The Morgan fingerprint density at radius 3 is 2.57 bits per heavy atom. The minimum atomic E-state index is 0.260. The summed E-state index contributed by atoms with van der Waals surface area (Å²) in [5.74, 6) is 0. The Morgan fingerprint density at radius 1 is 1.05 bits per heavy atom. The number of anilines is 1. The number of hydrogen-bond acceptors (Lipinski definition) is 3. The summed E-state index contributed by atoms with van der Waals surface area (Å²) in [6.07, 6.45) is 0. The van der Waals surface area contributed by atoms with Crippen LogP contribution in [0, 0.1) is 0 Å². The van der Waals surface area contributed by atoms with Crippen LogP contribution >= 0.6 is 23.6 Å². The minimum Gasteiger partial charge on any atom is -0.376 e. The lowest BCUT2D eigenvalue weighted by Gasteiger charge is -2.05. The van der Waals surface area contributed by atoms with Gasteiger partial charge in [-0.3, -0.25) is 0 Å². The molecule has 0 unspecified atom stereocenters. The maximum Gasteiger partial charge on any atom is 0.168 e. The van der Waals surface area contributed by atoms with Crippen molar-refractivity contribution in [3.8, 4) is 21.8 Å². The van der Waals surface area contributed by atoms with Crippen LogP contribution in [0.3, 0.4) is 0 Å². The van der Waals surface area contributed by atoms with Gasteiger partial charge in [-0.1, -0.05) is 42.5 Å². The lowest BCUT2D eigenvalue weighted by molar-refractivity contribution is 1.40. The van der Waals surface area contributed by atoms with Gasteiger partial charge in [0.2, 0.25) is 0 Å². The molecular formula is C16H13N3S2. The predicted molar refractivity (Wildman–Crippen MR) is 93.4 cm³/mol. The fourth-order valence-electron chi connectivity index (χ4n) is 2.02. The van der Waals surface area contributed by atoms with E-state index in [0.29, 0.717) is 0 Å². The van der Waals surface area contributed by atoms with Crippen molar-refractivity contribution in [2.45, 2.75) is 0 Å². The molecule has 1 aromatic heterocycles. The zero-order valence-corrected chi connectivity index (χ0v) is 12.7. The van der Waals surface area contributed by atoms with E-state index in [0.717, 1.165) is 27.5 Å². The number of thiazole rings is 1. The van der Waals surface area contributed by atoms with Gasteiger partial charge >= 0.3 is 0 Å². The minimum absolute atomic E-state index is 0.260. The van der Waals surface area contributed by atoms with E-state index in [1.165, 1.54) is 0 Å². The van der Waals surface area contributed by atoms with Crippen LogP contribution in [-0.4, -0.2) is 10.1 Å². The highest BCUT2D eigenvalue weighted by Gasteiger charge is 2.07. The Kier molecular flexibility index (Phi) is 3.94. The lowest BCUT2D eigenvalue weighted by atomic mass is 10.1. The van der Waals surface area contributed by atoms with Crippen LogP contribution in [-0.2, 0) is 0 Å². The Labute approximate surface area is 132 Å². The first kappa shape index (κ1) is 13.7. The van der Waals surface area contributed by atoms with Gasteiger partial charge < -0.3 is 11.1 Å². The van der Waals surface area contributed by atoms with E-state index in [9.17, 15) is 0 Å². The second-order valence-corrected chi connectivity index (χ2v) is 5.77. The molecule has 2 aromatic carbocycles.